The predicted octanol–water partition coefficient (Wildman–Crippen LogP) is 3.16. The van der Waals surface area contributed by atoms with Crippen LogP contribution in [0.1, 0.15) is 39.2 Å². The van der Waals surface area contributed by atoms with Gasteiger partial charge in [0.1, 0.15) is 0 Å². The Labute approximate surface area is 123 Å². The molecule has 3 nitrogen and oxygen atoms in total. The molecule has 1 unspecified atom stereocenters. The van der Waals surface area contributed by atoms with E-state index < -0.39 is 0 Å². The number of unbranched alkanes of at least 4 members (excludes halogenated alkanes) is 1. The molecule has 1 atom stereocenters. The summed E-state index contributed by atoms with van der Waals surface area (Å²) < 4.78 is 0. The number of carbonyl (C=O) groups is 1. The first kappa shape index (κ1) is 16.7. The van der Waals surface area contributed by atoms with Crippen LogP contribution in [0.15, 0.2) is 30.3 Å². The van der Waals surface area contributed by atoms with Gasteiger partial charge in [0, 0.05) is 13.1 Å². The Kier molecular flexibility index (Phi) is 7.31. The predicted molar refractivity (Wildman–Crippen MR) is 84.5 cm³/mol. The Morgan fingerprint density at radius 3 is 2.40 bits per heavy atom. The zero-order valence-corrected chi connectivity index (χ0v) is 13.3. The fourth-order valence-corrected chi connectivity index (χ4v) is 2.20. The number of nitrogens with zero attached hydrogens (tertiary/aromatic N) is 2. The maximum Gasteiger partial charge on any atom is 0.239 e. The first-order chi connectivity index (χ1) is 9.60. The summed E-state index contributed by atoms with van der Waals surface area (Å²) in [4.78, 5) is 16.7. The highest BCUT2D eigenvalue weighted by Crippen LogP contribution is 2.09. The quantitative estimate of drug-likeness (QED) is 0.728. The molecule has 0 aliphatic carbocycles. The van der Waals surface area contributed by atoms with E-state index in [1.54, 1.807) is 0 Å². The molecule has 0 aromatic heterocycles. The molecule has 1 aromatic carbocycles. The largest absolute Gasteiger partial charge is 0.337 e. The molecule has 1 aromatic rings. The molecule has 0 fully saturated rings. The van der Waals surface area contributed by atoms with Crippen LogP contribution in [0.3, 0.4) is 0 Å². The molecule has 0 bridgehead atoms. The van der Waals surface area contributed by atoms with Crippen LogP contribution in [0.2, 0.25) is 0 Å². The number of rotatable bonds is 8. The highest BCUT2D eigenvalue weighted by molar-refractivity contribution is 5.81. The zero-order valence-electron chi connectivity index (χ0n) is 13.3. The second-order valence-corrected chi connectivity index (χ2v) is 5.35. The Bertz CT molecular complexity index is 391. The van der Waals surface area contributed by atoms with Crippen LogP contribution < -0.4 is 0 Å². The minimum absolute atomic E-state index is 0.0507. The molecule has 0 saturated carbocycles. The average Bonchev–Trinajstić information content (AvgIpc) is 2.49. The van der Waals surface area contributed by atoms with Gasteiger partial charge in [-0.05, 0) is 39.4 Å². The second kappa shape index (κ2) is 8.75. The number of hydrogen-bond acceptors (Lipinski definition) is 2. The van der Waals surface area contributed by atoms with Crippen molar-refractivity contribution in [3.8, 4) is 0 Å². The molecule has 112 valence electrons. The molecule has 0 N–H and O–H groups in total. The Balaban J connectivity index is 2.62. The van der Waals surface area contributed by atoms with Crippen LogP contribution in [0.25, 0.3) is 0 Å². The van der Waals surface area contributed by atoms with Gasteiger partial charge in [-0.25, -0.2) is 0 Å². The van der Waals surface area contributed by atoms with E-state index in [4.69, 9.17) is 0 Å². The molecule has 3 heteroatoms. The van der Waals surface area contributed by atoms with Crippen molar-refractivity contribution in [2.75, 3.05) is 20.1 Å². The van der Waals surface area contributed by atoms with Gasteiger partial charge in [0.15, 0.2) is 0 Å². The van der Waals surface area contributed by atoms with Crippen LogP contribution in [0.5, 0.6) is 0 Å². The van der Waals surface area contributed by atoms with Crippen LogP contribution in [0.4, 0.5) is 0 Å². The average molecular weight is 276 g/mol. The Morgan fingerprint density at radius 2 is 1.85 bits per heavy atom. The Hall–Kier alpha value is -1.35. The van der Waals surface area contributed by atoms with Crippen molar-refractivity contribution in [3.05, 3.63) is 35.9 Å². The summed E-state index contributed by atoms with van der Waals surface area (Å²) in [5.41, 5.74) is 1.19. The summed E-state index contributed by atoms with van der Waals surface area (Å²) in [5.74, 6) is 0.218. The molecule has 1 amide bonds. The van der Waals surface area contributed by atoms with Gasteiger partial charge >= 0.3 is 0 Å². The van der Waals surface area contributed by atoms with Crippen molar-refractivity contribution in [2.24, 2.45) is 0 Å². The monoisotopic (exact) mass is 276 g/mol. The molecule has 1 rings (SSSR count). The van der Waals surface area contributed by atoms with Crippen molar-refractivity contribution >= 4 is 5.91 Å². The van der Waals surface area contributed by atoms with E-state index >= 15 is 0 Å². The highest BCUT2D eigenvalue weighted by Gasteiger charge is 2.22. The first-order valence-corrected chi connectivity index (χ1v) is 7.63. The van der Waals surface area contributed by atoms with Crippen LogP contribution in [-0.2, 0) is 11.3 Å². The number of carbonyl (C=O) groups excluding carboxylic acids is 1. The molecular weight excluding hydrogens is 248 g/mol. The van der Waals surface area contributed by atoms with Gasteiger partial charge in [0.2, 0.25) is 5.91 Å². The van der Waals surface area contributed by atoms with Gasteiger partial charge in [-0.1, -0.05) is 43.7 Å². The summed E-state index contributed by atoms with van der Waals surface area (Å²) >= 11 is 0. The minimum atomic E-state index is -0.0507. The normalized spacial score (nSPS) is 12.4. The van der Waals surface area contributed by atoms with Gasteiger partial charge in [-0.3, -0.25) is 9.69 Å². The number of hydrogen-bond donors (Lipinski definition) is 0. The van der Waals surface area contributed by atoms with Gasteiger partial charge in [-0.15, -0.1) is 0 Å². The van der Waals surface area contributed by atoms with Crippen molar-refractivity contribution in [1.82, 2.24) is 9.80 Å². The molecule has 0 radical (unpaired) electrons. The maximum absolute atomic E-state index is 12.6. The fourth-order valence-electron chi connectivity index (χ4n) is 2.20. The standard InChI is InChI=1S/C17H28N2O/c1-5-7-13-18(4)15(3)17(20)19(6-2)14-16-11-9-8-10-12-16/h8-12,15H,5-7,13-14H2,1-4H3. The molecular formula is C17H28N2O. The van der Waals surface area contributed by atoms with Crippen molar-refractivity contribution < 1.29 is 4.79 Å². The maximum atomic E-state index is 12.6. The van der Waals surface area contributed by atoms with Crippen molar-refractivity contribution in [3.63, 3.8) is 0 Å². The van der Waals surface area contributed by atoms with Gasteiger partial charge in [0.05, 0.1) is 6.04 Å². The lowest BCUT2D eigenvalue weighted by molar-refractivity contribution is -0.136. The second-order valence-electron chi connectivity index (χ2n) is 5.35. The van der Waals surface area contributed by atoms with Gasteiger partial charge in [0.25, 0.3) is 0 Å². The molecule has 0 aliphatic heterocycles. The fraction of sp³-hybridized carbons (Fsp3) is 0.588. The van der Waals surface area contributed by atoms with E-state index in [9.17, 15) is 4.79 Å². The first-order valence-electron chi connectivity index (χ1n) is 7.63. The van der Waals surface area contributed by atoms with E-state index in [2.05, 4.69) is 24.0 Å². The topological polar surface area (TPSA) is 23.6 Å². The Morgan fingerprint density at radius 1 is 1.20 bits per heavy atom. The van der Waals surface area contributed by atoms with E-state index in [-0.39, 0.29) is 11.9 Å². The smallest absolute Gasteiger partial charge is 0.239 e. The van der Waals surface area contributed by atoms with Crippen LogP contribution in [0, 0.1) is 0 Å². The highest BCUT2D eigenvalue weighted by atomic mass is 16.2. The minimum Gasteiger partial charge on any atom is -0.337 e. The molecule has 20 heavy (non-hydrogen) atoms. The molecule has 0 spiro atoms. The summed E-state index contributed by atoms with van der Waals surface area (Å²) in [5, 5.41) is 0. The van der Waals surface area contributed by atoms with E-state index in [1.807, 2.05) is 44.0 Å². The van der Waals surface area contributed by atoms with E-state index in [0.29, 0.717) is 6.54 Å². The third-order valence-corrected chi connectivity index (χ3v) is 3.79. The van der Waals surface area contributed by atoms with Crippen LogP contribution >= 0.6 is 0 Å². The lowest BCUT2D eigenvalue weighted by atomic mass is 10.2. The van der Waals surface area contributed by atoms with E-state index in [1.165, 1.54) is 5.56 Å². The van der Waals surface area contributed by atoms with Crippen molar-refractivity contribution in [1.29, 1.82) is 0 Å². The SMILES string of the molecule is CCCCN(C)C(C)C(=O)N(CC)Cc1ccccc1. The third kappa shape index (κ3) is 4.97. The van der Waals surface area contributed by atoms with Crippen LogP contribution in [-0.4, -0.2) is 41.9 Å². The number of amides is 1. The summed E-state index contributed by atoms with van der Waals surface area (Å²) in [6.45, 7) is 8.65. The zero-order chi connectivity index (χ0) is 15.0. The number of likely N-dealkylation sites (N-methyl/N-ethyl adjacent to an activating group) is 2. The summed E-state index contributed by atoms with van der Waals surface area (Å²) in [6.07, 6.45) is 2.30. The van der Waals surface area contributed by atoms with Crippen molar-refractivity contribution in [2.45, 2.75) is 46.2 Å². The number of benzene rings is 1. The lowest BCUT2D eigenvalue weighted by Gasteiger charge is -2.30. The van der Waals surface area contributed by atoms with E-state index in [0.717, 1.165) is 25.9 Å². The van der Waals surface area contributed by atoms with Gasteiger partial charge in [-0.2, -0.15) is 0 Å². The summed E-state index contributed by atoms with van der Waals surface area (Å²) in [7, 11) is 2.04. The lowest BCUT2D eigenvalue weighted by Crippen LogP contribution is -2.45. The van der Waals surface area contributed by atoms with Gasteiger partial charge < -0.3 is 4.90 Å². The molecule has 0 saturated heterocycles. The molecule has 0 aliphatic rings. The molecule has 0 heterocycles. The summed E-state index contributed by atoms with van der Waals surface area (Å²) in [6, 6.07) is 10.1. The third-order valence-electron chi connectivity index (χ3n) is 3.79.